The fraction of sp³-hybridized carbons (Fsp3) is 0.235. The molecule has 0 aliphatic rings. The van der Waals surface area contributed by atoms with E-state index in [9.17, 15) is 4.79 Å². The van der Waals surface area contributed by atoms with Crippen molar-refractivity contribution < 1.29 is 9.53 Å². The number of nitrogens with zero attached hydrogens (tertiary/aromatic N) is 3. The molecule has 0 aliphatic heterocycles. The zero-order chi connectivity index (χ0) is 16.4. The van der Waals surface area contributed by atoms with E-state index >= 15 is 0 Å². The minimum Gasteiger partial charge on any atom is -0.497 e. The number of methoxy groups -OCH3 is 1. The average molecular weight is 310 g/mol. The highest BCUT2D eigenvalue weighted by atomic mass is 16.5. The number of benzene rings is 1. The summed E-state index contributed by atoms with van der Waals surface area (Å²) in [4.78, 5) is 16.8. The fourth-order valence-electron chi connectivity index (χ4n) is 2.33. The number of carbonyl (C=O) groups is 1. The second kappa shape index (κ2) is 6.08. The van der Waals surface area contributed by atoms with Gasteiger partial charge in [-0.1, -0.05) is 13.8 Å². The Morgan fingerprint density at radius 2 is 1.96 bits per heavy atom. The van der Waals surface area contributed by atoms with Crippen molar-refractivity contribution in [3.63, 3.8) is 0 Å². The van der Waals surface area contributed by atoms with Gasteiger partial charge in [0.1, 0.15) is 11.4 Å². The third-order valence-electron chi connectivity index (χ3n) is 3.56. The first-order chi connectivity index (χ1) is 11.1. The molecule has 0 radical (unpaired) electrons. The van der Waals surface area contributed by atoms with Crippen LogP contribution in [-0.2, 0) is 0 Å². The molecule has 3 aromatic rings. The van der Waals surface area contributed by atoms with Gasteiger partial charge in [0, 0.05) is 17.4 Å². The van der Waals surface area contributed by atoms with Crippen molar-refractivity contribution in [3.05, 3.63) is 54.0 Å². The third-order valence-corrected chi connectivity index (χ3v) is 3.56. The van der Waals surface area contributed by atoms with Crippen LogP contribution in [0.2, 0.25) is 0 Å². The number of rotatable bonds is 4. The SMILES string of the molecule is COc1ccc(NC(=O)c2cc(C(C)C)n3nccc3n2)cc1. The number of anilines is 1. The highest BCUT2D eigenvalue weighted by Gasteiger charge is 2.14. The Balaban J connectivity index is 1.90. The summed E-state index contributed by atoms with van der Waals surface area (Å²) in [6.45, 7) is 4.11. The van der Waals surface area contributed by atoms with E-state index in [-0.39, 0.29) is 11.8 Å². The minimum absolute atomic E-state index is 0.230. The van der Waals surface area contributed by atoms with Gasteiger partial charge in [-0.25, -0.2) is 9.50 Å². The van der Waals surface area contributed by atoms with E-state index in [2.05, 4.69) is 29.2 Å². The Morgan fingerprint density at radius 1 is 1.22 bits per heavy atom. The van der Waals surface area contributed by atoms with Crippen LogP contribution in [0.3, 0.4) is 0 Å². The standard InChI is InChI=1S/C17H18N4O2/c1-11(2)15-10-14(20-16-8-9-18-21(15)16)17(22)19-12-4-6-13(23-3)7-5-12/h4-11H,1-3H3,(H,19,22). The molecule has 1 amide bonds. The molecule has 0 bridgehead atoms. The predicted molar refractivity (Wildman–Crippen MR) is 88.0 cm³/mol. The summed E-state index contributed by atoms with van der Waals surface area (Å²) in [5, 5.41) is 7.10. The van der Waals surface area contributed by atoms with E-state index in [1.54, 1.807) is 54.2 Å². The molecule has 1 aromatic carbocycles. The number of carbonyl (C=O) groups excluding carboxylic acids is 1. The molecule has 0 saturated carbocycles. The lowest BCUT2D eigenvalue weighted by Crippen LogP contribution is -2.16. The van der Waals surface area contributed by atoms with Gasteiger partial charge in [-0.2, -0.15) is 5.10 Å². The smallest absolute Gasteiger partial charge is 0.274 e. The molecule has 1 N–H and O–H groups in total. The topological polar surface area (TPSA) is 68.5 Å². The quantitative estimate of drug-likeness (QED) is 0.804. The molecule has 0 unspecified atom stereocenters. The maximum atomic E-state index is 12.5. The summed E-state index contributed by atoms with van der Waals surface area (Å²) < 4.78 is 6.86. The van der Waals surface area contributed by atoms with Crippen molar-refractivity contribution in [2.75, 3.05) is 12.4 Å². The van der Waals surface area contributed by atoms with Crippen molar-refractivity contribution in [3.8, 4) is 5.75 Å². The molecule has 118 valence electrons. The first kappa shape index (κ1) is 15.0. The predicted octanol–water partition coefficient (Wildman–Crippen LogP) is 3.11. The van der Waals surface area contributed by atoms with E-state index in [1.807, 2.05) is 0 Å². The van der Waals surface area contributed by atoms with Crippen molar-refractivity contribution >= 4 is 17.2 Å². The first-order valence-corrected chi connectivity index (χ1v) is 7.38. The van der Waals surface area contributed by atoms with E-state index < -0.39 is 0 Å². The van der Waals surface area contributed by atoms with Crippen LogP contribution >= 0.6 is 0 Å². The third kappa shape index (κ3) is 3.01. The second-order valence-electron chi connectivity index (χ2n) is 5.50. The Kier molecular flexibility index (Phi) is 3.97. The highest BCUT2D eigenvalue weighted by molar-refractivity contribution is 6.03. The van der Waals surface area contributed by atoms with Crippen LogP contribution in [0, 0.1) is 0 Å². The van der Waals surface area contributed by atoms with Crippen molar-refractivity contribution in [1.82, 2.24) is 14.6 Å². The fourth-order valence-corrected chi connectivity index (χ4v) is 2.33. The van der Waals surface area contributed by atoms with Gasteiger partial charge >= 0.3 is 0 Å². The number of amides is 1. The first-order valence-electron chi connectivity index (χ1n) is 7.38. The van der Waals surface area contributed by atoms with Gasteiger partial charge in [0.25, 0.3) is 5.91 Å². The Morgan fingerprint density at radius 3 is 2.61 bits per heavy atom. The second-order valence-corrected chi connectivity index (χ2v) is 5.50. The van der Waals surface area contributed by atoms with Crippen LogP contribution in [-0.4, -0.2) is 27.6 Å². The van der Waals surface area contributed by atoms with E-state index in [1.165, 1.54) is 0 Å². The molecule has 6 nitrogen and oxygen atoms in total. The van der Waals surface area contributed by atoms with Crippen LogP contribution in [0.1, 0.15) is 35.9 Å². The minimum atomic E-state index is -0.249. The molecule has 3 rings (SSSR count). The van der Waals surface area contributed by atoms with Crippen LogP contribution < -0.4 is 10.1 Å². The summed E-state index contributed by atoms with van der Waals surface area (Å²) in [6.07, 6.45) is 1.68. The van der Waals surface area contributed by atoms with Crippen molar-refractivity contribution in [2.24, 2.45) is 0 Å². The van der Waals surface area contributed by atoms with E-state index in [0.717, 1.165) is 11.4 Å². The van der Waals surface area contributed by atoms with Crippen molar-refractivity contribution in [2.45, 2.75) is 19.8 Å². The molecular weight excluding hydrogens is 292 g/mol. The van der Waals surface area contributed by atoms with Gasteiger partial charge in [-0.05, 0) is 36.2 Å². The molecular formula is C17H18N4O2. The lowest BCUT2D eigenvalue weighted by atomic mass is 10.1. The summed E-state index contributed by atoms with van der Waals surface area (Å²) in [7, 11) is 1.60. The van der Waals surface area contributed by atoms with Gasteiger partial charge in [0.05, 0.1) is 13.3 Å². The summed E-state index contributed by atoms with van der Waals surface area (Å²) in [6, 6.07) is 10.7. The molecule has 0 atom stereocenters. The Bertz CT molecular complexity index is 837. The molecule has 2 heterocycles. The largest absolute Gasteiger partial charge is 0.497 e. The maximum Gasteiger partial charge on any atom is 0.274 e. The summed E-state index contributed by atoms with van der Waals surface area (Å²) >= 11 is 0. The van der Waals surface area contributed by atoms with Gasteiger partial charge < -0.3 is 10.1 Å². The molecule has 0 fully saturated rings. The van der Waals surface area contributed by atoms with Crippen molar-refractivity contribution in [1.29, 1.82) is 0 Å². The number of ether oxygens (including phenoxy) is 1. The highest BCUT2D eigenvalue weighted by Crippen LogP contribution is 2.19. The number of hydrogen-bond donors (Lipinski definition) is 1. The molecule has 0 aliphatic carbocycles. The lowest BCUT2D eigenvalue weighted by molar-refractivity contribution is 0.102. The average Bonchev–Trinajstić information content (AvgIpc) is 3.02. The number of nitrogens with one attached hydrogen (secondary N) is 1. The zero-order valence-corrected chi connectivity index (χ0v) is 13.3. The van der Waals surface area contributed by atoms with Gasteiger partial charge in [-0.15, -0.1) is 0 Å². The molecule has 23 heavy (non-hydrogen) atoms. The maximum absolute atomic E-state index is 12.5. The van der Waals surface area contributed by atoms with Crippen LogP contribution in [0.5, 0.6) is 5.75 Å². The summed E-state index contributed by atoms with van der Waals surface area (Å²) in [5.41, 5.74) is 2.67. The summed E-state index contributed by atoms with van der Waals surface area (Å²) in [5.74, 6) is 0.720. The number of fused-ring (bicyclic) bond motifs is 1. The van der Waals surface area contributed by atoms with Crippen LogP contribution in [0.15, 0.2) is 42.6 Å². The number of hydrogen-bond acceptors (Lipinski definition) is 4. The van der Waals surface area contributed by atoms with Gasteiger partial charge in [0.2, 0.25) is 0 Å². The monoisotopic (exact) mass is 310 g/mol. The van der Waals surface area contributed by atoms with Gasteiger partial charge in [-0.3, -0.25) is 4.79 Å². The van der Waals surface area contributed by atoms with Crippen LogP contribution in [0.4, 0.5) is 5.69 Å². The zero-order valence-electron chi connectivity index (χ0n) is 13.3. The molecule has 0 spiro atoms. The van der Waals surface area contributed by atoms with E-state index in [0.29, 0.717) is 17.0 Å². The van der Waals surface area contributed by atoms with Crippen LogP contribution in [0.25, 0.3) is 5.65 Å². The van der Waals surface area contributed by atoms with E-state index in [4.69, 9.17) is 4.74 Å². The molecule has 0 saturated heterocycles. The Labute approximate surface area is 134 Å². The molecule has 6 heteroatoms. The number of aromatic nitrogens is 3. The van der Waals surface area contributed by atoms with Gasteiger partial charge in [0.15, 0.2) is 5.65 Å². The normalized spacial score (nSPS) is 11.0. The Hall–Kier alpha value is -2.89. The molecule has 2 aromatic heterocycles. The lowest BCUT2D eigenvalue weighted by Gasteiger charge is -2.11.